The van der Waals surface area contributed by atoms with Gasteiger partial charge in [0, 0.05) is 30.2 Å². The van der Waals surface area contributed by atoms with Crippen LogP contribution in [0.2, 0.25) is 10.0 Å². The molecule has 0 atom stereocenters. The van der Waals surface area contributed by atoms with Crippen molar-refractivity contribution in [3.63, 3.8) is 0 Å². The number of carbonyl (C=O) groups excluding carboxylic acids is 2. The van der Waals surface area contributed by atoms with Gasteiger partial charge in [-0.25, -0.2) is 0 Å². The molecule has 0 radical (unpaired) electrons. The van der Waals surface area contributed by atoms with Gasteiger partial charge in [0.25, 0.3) is 0 Å². The van der Waals surface area contributed by atoms with Crippen molar-refractivity contribution in [2.45, 2.75) is 19.5 Å². The van der Waals surface area contributed by atoms with Crippen LogP contribution in [0.4, 0.5) is 0 Å². The van der Waals surface area contributed by atoms with Crippen LogP contribution in [0.5, 0.6) is 0 Å². The molecule has 0 aliphatic heterocycles. The van der Waals surface area contributed by atoms with Gasteiger partial charge in [-0.2, -0.15) is 0 Å². The number of halogens is 2. The Morgan fingerprint density at radius 3 is 2.70 bits per heavy atom. The number of nitrogens with one attached hydrogen (secondary N) is 1. The molecule has 2 rings (SSSR count). The van der Waals surface area contributed by atoms with E-state index in [4.69, 9.17) is 23.2 Å². The van der Waals surface area contributed by atoms with Crippen LogP contribution >= 0.6 is 23.2 Å². The number of ether oxygens (including phenoxy) is 1. The minimum atomic E-state index is -0.298. The molecule has 2 aromatic rings. The highest BCUT2D eigenvalue weighted by molar-refractivity contribution is 6.42. The maximum Gasteiger partial charge on any atom is 0.307 e. The van der Waals surface area contributed by atoms with Gasteiger partial charge in [0.15, 0.2) is 0 Å². The molecular weight excluding hydrogens is 339 g/mol. The largest absolute Gasteiger partial charge is 0.469 e. The lowest BCUT2D eigenvalue weighted by Gasteiger charge is -2.05. The summed E-state index contributed by atoms with van der Waals surface area (Å²) in [5.41, 5.74) is 1.71. The molecule has 122 valence electrons. The van der Waals surface area contributed by atoms with Crippen LogP contribution in [0.25, 0.3) is 10.9 Å². The van der Waals surface area contributed by atoms with Crippen molar-refractivity contribution in [2.24, 2.45) is 0 Å². The predicted octanol–water partition coefficient (Wildman–Crippen LogP) is 3.31. The number of hydrogen-bond donors (Lipinski definition) is 1. The number of esters is 1. The topological polar surface area (TPSA) is 60.3 Å². The molecule has 1 amide bonds. The summed E-state index contributed by atoms with van der Waals surface area (Å²) in [6.07, 6.45) is 3.31. The van der Waals surface area contributed by atoms with Gasteiger partial charge >= 0.3 is 5.97 Å². The molecule has 0 fully saturated rings. The fraction of sp³-hybridized carbons (Fsp3) is 0.250. The van der Waals surface area contributed by atoms with Gasteiger partial charge in [0.2, 0.25) is 5.91 Å². The second-order valence-electron chi connectivity index (χ2n) is 4.88. The Morgan fingerprint density at radius 2 is 2.04 bits per heavy atom. The van der Waals surface area contributed by atoms with Crippen LogP contribution in [0.3, 0.4) is 0 Å². The number of fused-ring (bicyclic) bond motifs is 1. The molecule has 0 aliphatic rings. The number of methoxy groups -OCH3 is 1. The fourth-order valence-corrected chi connectivity index (χ4v) is 2.57. The lowest BCUT2D eigenvalue weighted by atomic mass is 10.2. The molecule has 1 heterocycles. The number of benzene rings is 1. The van der Waals surface area contributed by atoms with Gasteiger partial charge in [-0.1, -0.05) is 29.8 Å². The molecule has 5 nitrogen and oxygen atoms in total. The smallest absolute Gasteiger partial charge is 0.307 e. The molecule has 0 saturated carbocycles. The molecule has 0 bridgehead atoms. The van der Waals surface area contributed by atoms with Crippen molar-refractivity contribution >= 4 is 46.0 Å². The van der Waals surface area contributed by atoms with Gasteiger partial charge in [0.1, 0.15) is 0 Å². The summed E-state index contributed by atoms with van der Waals surface area (Å²) in [4.78, 5) is 22.7. The van der Waals surface area contributed by atoms with E-state index in [0.717, 1.165) is 16.5 Å². The molecule has 0 spiro atoms. The van der Waals surface area contributed by atoms with E-state index in [-0.39, 0.29) is 18.3 Å². The van der Waals surface area contributed by atoms with Crippen molar-refractivity contribution in [1.82, 2.24) is 9.88 Å². The first kappa shape index (κ1) is 17.4. The summed E-state index contributed by atoms with van der Waals surface area (Å²) in [6.45, 7) is 4.18. The third-order valence-electron chi connectivity index (χ3n) is 3.43. The van der Waals surface area contributed by atoms with Gasteiger partial charge in [-0.15, -0.1) is 0 Å². The van der Waals surface area contributed by atoms with Crippen LogP contribution in [-0.4, -0.2) is 23.6 Å². The van der Waals surface area contributed by atoms with E-state index >= 15 is 0 Å². The summed E-state index contributed by atoms with van der Waals surface area (Å²) in [5.74, 6) is -0.561. The maximum absolute atomic E-state index is 11.4. The van der Waals surface area contributed by atoms with E-state index < -0.39 is 0 Å². The molecule has 0 saturated heterocycles. The lowest BCUT2D eigenvalue weighted by molar-refractivity contribution is -0.140. The Labute approximate surface area is 143 Å². The van der Waals surface area contributed by atoms with Crippen molar-refractivity contribution in [3.8, 4) is 0 Å². The Morgan fingerprint density at radius 1 is 1.35 bits per heavy atom. The van der Waals surface area contributed by atoms with Gasteiger partial charge < -0.3 is 14.6 Å². The monoisotopic (exact) mass is 354 g/mol. The van der Waals surface area contributed by atoms with Gasteiger partial charge in [0.05, 0.1) is 23.6 Å². The first-order valence-corrected chi connectivity index (χ1v) is 7.65. The van der Waals surface area contributed by atoms with Crippen LogP contribution in [0, 0.1) is 0 Å². The molecule has 23 heavy (non-hydrogen) atoms. The standard InChI is InChI=1S/C16H16Cl2N2O3/c1-3-15(21)19-8-10-9-20(5-4-16(22)23-2)14-7-13(18)12(17)6-11(10)14/h3,6-7,9H,1,4-5,8H2,2H3,(H,19,21). The van der Waals surface area contributed by atoms with E-state index in [1.165, 1.54) is 13.2 Å². The number of nitrogens with zero attached hydrogens (tertiary/aromatic N) is 1. The molecule has 1 N–H and O–H groups in total. The van der Waals surface area contributed by atoms with Crippen molar-refractivity contribution in [3.05, 3.63) is 46.6 Å². The van der Waals surface area contributed by atoms with Crippen molar-refractivity contribution in [1.29, 1.82) is 0 Å². The average Bonchev–Trinajstić information content (AvgIpc) is 2.87. The summed E-state index contributed by atoms with van der Waals surface area (Å²) in [5, 5.41) is 4.46. The molecule has 0 aliphatic carbocycles. The number of rotatable bonds is 6. The summed E-state index contributed by atoms with van der Waals surface area (Å²) in [6, 6.07) is 3.50. The predicted molar refractivity (Wildman–Crippen MR) is 90.6 cm³/mol. The summed E-state index contributed by atoms with van der Waals surface area (Å²) in [7, 11) is 1.35. The lowest BCUT2D eigenvalue weighted by Crippen LogP contribution is -2.19. The summed E-state index contributed by atoms with van der Waals surface area (Å²) >= 11 is 12.2. The quantitative estimate of drug-likeness (QED) is 0.639. The second kappa shape index (κ2) is 7.53. The van der Waals surface area contributed by atoms with E-state index in [1.54, 1.807) is 12.1 Å². The van der Waals surface area contributed by atoms with Crippen LogP contribution in [0.15, 0.2) is 31.0 Å². The van der Waals surface area contributed by atoms with E-state index in [9.17, 15) is 9.59 Å². The highest BCUT2D eigenvalue weighted by atomic mass is 35.5. The first-order valence-electron chi connectivity index (χ1n) is 6.90. The van der Waals surface area contributed by atoms with Crippen LogP contribution in [0.1, 0.15) is 12.0 Å². The highest BCUT2D eigenvalue weighted by Crippen LogP contribution is 2.31. The zero-order chi connectivity index (χ0) is 17.0. The SMILES string of the molecule is C=CC(=O)NCc1cn(CCC(=O)OC)c2cc(Cl)c(Cl)cc12. The zero-order valence-electron chi connectivity index (χ0n) is 12.6. The molecule has 7 heteroatoms. The van der Waals surface area contributed by atoms with Gasteiger partial charge in [-0.05, 0) is 23.8 Å². The highest BCUT2D eigenvalue weighted by Gasteiger charge is 2.13. The van der Waals surface area contributed by atoms with E-state index in [1.807, 2.05) is 10.8 Å². The zero-order valence-corrected chi connectivity index (χ0v) is 14.1. The minimum absolute atomic E-state index is 0.235. The Kier molecular flexibility index (Phi) is 5.69. The third kappa shape index (κ3) is 4.06. The van der Waals surface area contributed by atoms with Crippen LogP contribution in [-0.2, 0) is 27.4 Å². The normalized spacial score (nSPS) is 10.6. The first-order chi connectivity index (χ1) is 11.0. The number of hydrogen-bond acceptors (Lipinski definition) is 3. The molecular formula is C16H16Cl2N2O3. The fourth-order valence-electron chi connectivity index (χ4n) is 2.25. The van der Waals surface area contributed by atoms with Crippen molar-refractivity contribution in [2.75, 3.05) is 7.11 Å². The maximum atomic E-state index is 11.4. The van der Waals surface area contributed by atoms with Gasteiger partial charge in [-0.3, -0.25) is 9.59 Å². The molecule has 1 aromatic heterocycles. The number of carbonyl (C=O) groups is 2. The minimum Gasteiger partial charge on any atom is -0.469 e. The number of aromatic nitrogens is 1. The van der Waals surface area contributed by atoms with Crippen LogP contribution < -0.4 is 5.32 Å². The number of amides is 1. The summed E-state index contributed by atoms with van der Waals surface area (Å²) < 4.78 is 6.55. The molecule has 0 unspecified atom stereocenters. The third-order valence-corrected chi connectivity index (χ3v) is 4.15. The Hall–Kier alpha value is -1.98. The van der Waals surface area contributed by atoms with E-state index in [2.05, 4.69) is 16.6 Å². The average molecular weight is 355 g/mol. The van der Waals surface area contributed by atoms with E-state index in [0.29, 0.717) is 23.1 Å². The Balaban J connectivity index is 2.37. The Bertz CT molecular complexity index is 768. The number of aryl methyl sites for hydroxylation is 1. The molecule has 1 aromatic carbocycles. The van der Waals surface area contributed by atoms with Crippen molar-refractivity contribution < 1.29 is 14.3 Å². The second-order valence-corrected chi connectivity index (χ2v) is 5.69.